The SMILES string of the molecule is CC[C@H](O)c1ccccc1Sc1ccc(C)c(C)c1. The van der Waals surface area contributed by atoms with E-state index in [9.17, 15) is 5.11 Å². The van der Waals surface area contributed by atoms with E-state index in [0.717, 1.165) is 16.9 Å². The van der Waals surface area contributed by atoms with Crippen molar-refractivity contribution in [2.75, 3.05) is 0 Å². The van der Waals surface area contributed by atoms with Crippen molar-refractivity contribution in [2.24, 2.45) is 0 Å². The second kappa shape index (κ2) is 6.27. The third kappa shape index (κ3) is 3.40. The van der Waals surface area contributed by atoms with E-state index in [1.54, 1.807) is 11.8 Å². The first-order chi connectivity index (χ1) is 9.11. The molecule has 0 spiro atoms. The van der Waals surface area contributed by atoms with Gasteiger partial charge in [-0.2, -0.15) is 0 Å². The Morgan fingerprint density at radius 3 is 2.47 bits per heavy atom. The van der Waals surface area contributed by atoms with Crippen molar-refractivity contribution in [1.29, 1.82) is 0 Å². The summed E-state index contributed by atoms with van der Waals surface area (Å²) in [5.41, 5.74) is 3.64. The average Bonchev–Trinajstić information content (AvgIpc) is 2.43. The van der Waals surface area contributed by atoms with Crippen molar-refractivity contribution in [3.8, 4) is 0 Å². The Bertz CT molecular complexity index is 563. The second-order valence-corrected chi connectivity index (χ2v) is 5.93. The van der Waals surface area contributed by atoms with Crippen LogP contribution in [0.3, 0.4) is 0 Å². The van der Waals surface area contributed by atoms with Crippen LogP contribution in [-0.2, 0) is 0 Å². The van der Waals surface area contributed by atoms with E-state index in [0.29, 0.717) is 0 Å². The molecule has 2 heteroatoms. The smallest absolute Gasteiger partial charge is 0.0798 e. The molecule has 1 nitrogen and oxygen atoms in total. The first-order valence-corrected chi connectivity index (χ1v) is 7.45. The van der Waals surface area contributed by atoms with Crippen LogP contribution in [0.15, 0.2) is 52.3 Å². The van der Waals surface area contributed by atoms with Gasteiger partial charge in [0.1, 0.15) is 0 Å². The molecular weight excluding hydrogens is 252 g/mol. The van der Waals surface area contributed by atoms with Crippen LogP contribution in [0.25, 0.3) is 0 Å². The standard InChI is InChI=1S/C17H20OS/c1-4-16(18)15-7-5-6-8-17(15)19-14-10-9-12(2)13(3)11-14/h5-11,16,18H,4H2,1-3H3/t16-/m0/s1. The van der Waals surface area contributed by atoms with Crippen LogP contribution in [0.2, 0.25) is 0 Å². The fourth-order valence-electron chi connectivity index (χ4n) is 1.97. The minimum absolute atomic E-state index is 0.379. The number of aliphatic hydroxyl groups excluding tert-OH is 1. The lowest BCUT2D eigenvalue weighted by molar-refractivity contribution is 0.171. The van der Waals surface area contributed by atoms with Crippen LogP contribution in [-0.4, -0.2) is 5.11 Å². The summed E-state index contributed by atoms with van der Waals surface area (Å²) in [6.45, 7) is 6.26. The maximum Gasteiger partial charge on any atom is 0.0798 e. The van der Waals surface area contributed by atoms with Crippen LogP contribution in [0.1, 0.15) is 36.1 Å². The van der Waals surface area contributed by atoms with Crippen LogP contribution in [0.4, 0.5) is 0 Å². The molecule has 0 aliphatic rings. The molecule has 2 aromatic rings. The maximum atomic E-state index is 10.1. The zero-order valence-corrected chi connectivity index (χ0v) is 12.5. The molecule has 0 saturated carbocycles. The van der Waals surface area contributed by atoms with E-state index in [-0.39, 0.29) is 6.10 Å². The minimum Gasteiger partial charge on any atom is -0.388 e. The molecule has 0 bridgehead atoms. The summed E-state index contributed by atoms with van der Waals surface area (Å²) < 4.78 is 0. The lowest BCUT2D eigenvalue weighted by atomic mass is 10.1. The Morgan fingerprint density at radius 2 is 1.79 bits per heavy atom. The molecule has 0 aliphatic heterocycles. The third-order valence-electron chi connectivity index (χ3n) is 3.37. The highest BCUT2D eigenvalue weighted by Gasteiger charge is 2.11. The summed E-state index contributed by atoms with van der Waals surface area (Å²) in [5, 5.41) is 10.1. The lowest BCUT2D eigenvalue weighted by Gasteiger charge is -2.14. The number of hydrogen-bond acceptors (Lipinski definition) is 2. The van der Waals surface area contributed by atoms with E-state index in [1.807, 2.05) is 25.1 Å². The van der Waals surface area contributed by atoms with Gasteiger partial charge in [0.05, 0.1) is 6.10 Å². The number of aliphatic hydroxyl groups is 1. The van der Waals surface area contributed by atoms with Crippen molar-refractivity contribution in [1.82, 2.24) is 0 Å². The molecule has 0 radical (unpaired) electrons. The van der Waals surface area contributed by atoms with Gasteiger partial charge in [-0.1, -0.05) is 43.0 Å². The fraction of sp³-hybridized carbons (Fsp3) is 0.294. The average molecular weight is 272 g/mol. The molecule has 0 fully saturated rings. The van der Waals surface area contributed by atoms with E-state index >= 15 is 0 Å². The van der Waals surface area contributed by atoms with Crippen LogP contribution >= 0.6 is 11.8 Å². The quantitative estimate of drug-likeness (QED) is 0.854. The second-order valence-electron chi connectivity index (χ2n) is 4.81. The van der Waals surface area contributed by atoms with E-state index in [2.05, 4.69) is 38.1 Å². The molecule has 1 N–H and O–H groups in total. The van der Waals surface area contributed by atoms with Gasteiger partial charge in [0, 0.05) is 9.79 Å². The van der Waals surface area contributed by atoms with Gasteiger partial charge in [0.25, 0.3) is 0 Å². The van der Waals surface area contributed by atoms with Crippen molar-refractivity contribution < 1.29 is 5.11 Å². The number of hydrogen-bond donors (Lipinski definition) is 1. The zero-order valence-electron chi connectivity index (χ0n) is 11.7. The van der Waals surface area contributed by atoms with Gasteiger partial charge in [-0.3, -0.25) is 0 Å². The van der Waals surface area contributed by atoms with Gasteiger partial charge < -0.3 is 5.11 Å². The highest BCUT2D eigenvalue weighted by atomic mass is 32.2. The lowest BCUT2D eigenvalue weighted by Crippen LogP contribution is -1.97. The van der Waals surface area contributed by atoms with E-state index < -0.39 is 0 Å². The van der Waals surface area contributed by atoms with Crippen LogP contribution in [0.5, 0.6) is 0 Å². The van der Waals surface area contributed by atoms with Gasteiger partial charge in [0.2, 0.25) is 0 Å². The van der Waals surface area contributed by atoms with Crippen molar-refractivity contribution in [3.05, 3.63) is 59.2 Å². The van der Waals surface area contributed by atoms with Gasteiger partial charge in [-0.25, -0.2) is 0 Å². The topological polar surface area (TPSA) is 20.2 Å². The van der Waals surface area contributed by atoms with Crippen LogP contribution in [0, 0.1) is 13.8 Å². The van der Waals surface area contributed by atoms with Crippen molar-refractivity contribution in [3.63, 3.8) is 0 Å². The molecule has 0 amide bonds. The Labute approximate surface area is 119 Å². The monoisotopic (exact) mass is 272 g/mol. The van der Waals surface area contributed by atoms with Gasteiger partial charge >= 0.3 is 0 Å². The molecule has 0 unspecified atom stereocenters. The summed E-state index contributed by atoms with van der Waals surface area (Å²) >= 11 is 1.72. The number of aryl methyl sites for hydroxylation is 2. The fourth-order valence-corrected chi connectivity index (χ4v) is 3.07. The van der Waals surface area contributed by atoms with Gasteiger partial charge in [-0.15, -0.1) is 0 Å². The number of rotatable bonds is 4. The first-order valence-electron chi connectivity index (χ1n) is 6.64. The van der Waals surface area contributed by atoms with Crippen LogP contribution < -0.4 is 0 Å². The molecule has 100 valence electrons. The Kier molecular flexibility index (Phi) is 4.67. The molecule has 1 atom stereocenters. The third-order valence-corrected chi connectivity index (χ3v) is 4.45. The molecule has 0 aliphatic carbocycles. The van der Waals surface area contributed by atoms with E-state index in [4.69, 9.17) is 0 Å². The van der Waals surface area contributed by atoms with Gasteiger partial charge in [0.15, 0.2) is 0 Å². The summed E-state index contributed by atoms with van der Waals surface area (Å²) in [7, 11) is 0. The van der Waals surface area contributed by atoms with Crippen molar-refractivity contribution in [2.45, 2.75) is 43.1 Å². The number of benzene rings is 2. The molecule has 2 aromatic carbocycles. The molecule has 0 aromatic heterocycles. The zero-order chi connectivity index (χ0) is 13.8. The molecule has 19 heavy (non-hydrogen) atoms. The van der Waals surface area contributed by atoms with Gasteiger partial charge in [-0.05, 0) is 55.2 Å². The summed E-state index contributed by atoms with van der Waals surface area (Å²) in [6, 6.07) is 14.6. The first kappa shape index (κ1) is 14.2. The molecular formula is C17H20OS. The summed E-state index contributed by atoms with van der Waals surface area (Å²) in [5.74, 6) is 0. The summed E-state index contributed by atoms with van der Waals surface area (Å²) in [6.07, 6.45) is 0.361. The largest absolute Gasteiger partial charge is 0.388 e. The van der Waals surface area contributed by atoms with E-state index in [1.165, 1.54) is 16.0 Å². The molecule has 0 heterocycles. The Balaban J connectivity index is 2.30. The minimum atomic E-state index is -0.379. The predicted octanol–water partition coefficient (Wildman–Crippen LogP) is 4.90. The molecule has 2 rings (SSSR count). The predicted molar refractivity (Wildman–Crippen MR) is 81.7 cm³/mol. The Hall–Kier alpha value is -1.25. The normalized spacial score (nSPS) is 12.4. The maximum absolute atomic E-state index is 10.1. The summed E-state index contributed by atoms with van der Waals surface area (Å²) in [4.78, 5) is 2.36. The van der Waals surface area contributed by atoms with Crippen molar-refractivity contribution >= 4 is 11.8 Å². The highest BCUT2D eigenvalue weighted by Crippen LogP contribution is 2.34. The molecule has 0 saturated heterocycles. The Morgan fingerprint density at radius 1 is 1.05 bits per heavy atom. The highest BCUT2D eigenvalue weighted by molar-refractivity contribution is 7.99.